The number of piperidine rings is 1. The molecule has 2 heterocycles. The van der Waals surface area contributed by atoms with E-state index in [1.165, 1.54) is 11.1 Å². The van der Waals surface area contributed by atoms with E-state index in [-0.39, 0.29) is 12.1 Å². The number of aromatic nitrogens is 2. The van der Waals surface area contributed by atoms with Gasteiger partial charge in [0, 0.05) is 18.0 Å². The van der Waals surface area contributed by atoms with Gasteiger partial charge in [-0.3, -0.25) is 10.00 Å². The lowest BCUT2D eigenvalue weighted by molar-refractivity contribution is 0.00270. The monoisotopic (exact) mass is 335 g/mol. The number of nitrogens with one attached hydrogen (secondary N) is 1. The zero-order valence-electron chi connectivity index (χ0n) is 14.4. The van der Waals surface area contributed by atoms with Crippen molar-refractivity contribution in [1.29, 1.82) is 0 Å². The van der Waals surface area contributed by atoms with Crippen molar-refractivity contribution in [3.05, 3.63) is 65.9 Å². The molecule has 2 unspecified atom stereocenters. The topological polar surface area (TPSA) is 52.1 Å². The number of hydrogen-bond donors (Lipinski definition) is 2. The number of H-pyrrole nitrogens is 1. The lowest BCUT2D eigenvalue weighted by atomic mass is 9.92. The summed E-state index contributed by atoms with van der Waals surface area (Å²) in [5.41, 5.74) is 3.70. The summed E-state index contributed by atoms with van der Waals surface area (Å²) >= 11 is 0. The molecule has 1 aromatic heterocycles. The largest absolute Gasteiger partial charge is 0.391 e. The number of fused-ring (bicyclic) bond motifs is 1. The van der Waals surface area contributed by atoms with E-state index >= 15 is 0 Å². The van der Waals surface area contributed by atoms with Crippen LogP contribution in [0, 0.1) is 0 Å². The Morgan fingerprint density at radius 3 is 2.88 bits per heavy atom. The van der Waals surface area contributed by atoms with E-state index in [4.69, 9.17) is 0 Å². The molecule has 1 saturated heterocycles. The van der Waals surface area contributed by atoms with Gasteiger partial charge in [-0.05, 0) is 49.4 Å². The Morgan fingerprint density at radius 2 is 2.00 bits per heavy atom. The average molecular weight is 335 g/mol. The molecule has 0 amide bonds. The van der Waals surface area contributed by atoms with Crippen LogP contribution in [0.1, 0.15) is 30.4 Å². The molecular weight excluding hydrogens is 310 g/mol. The quantitative estimate of drug-likeness (QED) is 0.750. The first-order valence-electron chi connectivity index (χ1n) is 9.17. The highest BCUT2D eigenvalue weighted by Crippen LogP contribution is 2.25. The first-order chi connectivity index (χ1) is 12.3. The smallest absolute Gasteiger partial charge is 0.0696 e. The zero-order chi connectivity index (χ0) is 17.1. The third-order valence-corrected chi connectivity index (χ3v) is 5.32. The maximum atomic E-state index is 10.6. The second-order valence-electron chi connectivity index (χ2n) is 7.06. The summed E-state index contributed by atoms with van der Waals surface area (Å²) in [6, 6.07) is 17.3. The number of aliphatic hydroxyl groups excluding tert-OH is 1. The summed E-state index contributed by atoms with van der Waals surface area (Å²) in [5, 5.41) is 18.9. The molecule has 0 radical (unpaired) electrons. The molecule has 1 fully saturated rings. The Hall–Kier alpha value is -2.17. The molecule has 130 valence electrons. The van der Waals surface area contributed by atoms with Crippen LogP contribution in [0.15, 0.2) is 54.7 Å². The van der Waals surface area contributed by atoms with Gasteiger partial charge in [-0.2, -0.15) is 5.10 Å². The summed E-state index contributed by atoms with van der Waals surface area (Å²) in [4.78, 5) is 2.45. The van der Waals surface area contributed by atoms with Gasteiger partial charge in [-0.1, -0.05) is 42.5 Å². The molecule has 2 atom stereocenters. The van der Waals surface area contributed by atoms with E-state index in [9.17, 15) is 5.11 Å². The summed E-state index contributed by atoms with van der Waals surface area (Å²) in [5.74, 6) is 0. The fourth-order valence-corrected chi connectivity index (χ4v) is 3.95. The van der Waals surface area contributed by atoms with Gasteiger partial charge in [-0.25, -0.2) is 0 Å². The molecule has 0 saturated carbocycles. The molecule has 2 N–H and O–H groups in total. The van der Waals surface area contributed by atoms with Crippen molar-refractivity contribution in [3.63, 3.8) is 0 Å². The first kappa shape index (κ1) is 16.3. The van der Waals surface area contributed by atoms with Crippen LogP contribution >= 0.6 is 0 Å². The number of benzene rings is 2. The van der Waals surface area contributed by atoms with Gasteiger partial charge in [0.15, 0.2) is 0 Å². The van der Waals surface area contributed by atoms with Crippen molar-refractivity contribution < 1.29 is 5.11 Å². The van der Waals surface area contributed by atoms with Gasteiger partial charge in [0.1, 0.15) is 0 Å². The molecule has 4 heteroatoms. The van der Waals surface area contributed by atoms with Gasteiger partial charge in [0.2, 0.25) is 0 Å². The Labute approximate surface area is 148 Å². The molecule has 1 aliphatic heterocycles. The number of aliphatic hydroxyl groups is 1. The Morgan fingerprint density at radius 1 is 1.12 bits per heavy atom. The first-order valence-corrected chi connectivity index (χ1v) is 9.17. The van der Waals surface area contributed by atoms with Crippen LogP contribution in [0.2, 0.25) is 0 Å². The molecule has 3 aromatic rings. The minimum atomic E-state index is -0.228. The molecule has 2 aromatic carbocycles. The maximum absolute atomic E-state index is 10.6. The third-order valence-electron chi connectivity index (χ3n) is 5.32. The van der Waals surface area contributed by atoms with Gasteiger partial charge in [0.05, 0.1) is 17.8 Å². The zero-order valence-corrected chi connectivity index (χ0v) is 14.4. The average Bonchev–Trinajstić information content (AvgIpc) is 3.10. The molecule has 0 spiro atoms. The van der Waals surface area contributed by atoms with Crippen LogP contribution < -0.4 is 0 Å². The molecule has 0 aliphatic carbocycles. The van der Waals surface area contributed by atoms with Crippen molar-refractivity contribution in [1.82, 2.24) is 15.1 Å². The Bertz CT molecular complexity index is 814. The van der Waals surface area contributed by atoms with Crippen LogP contribution in [0.25, 0.3) is 10.9 Å². The minimum Gasteiger partial charge on any atom is -0.391 e. The van der Waals surface area contributed by atoms with Crippen molar-refractivity contribution in [2.45, 2.75) is 44.4 Å². The van der Waals surface area contributed by atoms with E-state index < -0.39 is 0 Å². The lowest BCUT2D eigenvalue weighted by Gasteiger charge is -2.39. The molecule has 25 heavy (non-hydrogen) atoms. The normalized spacial score (nSPS) is 21.6. The number of nitrogens with zero attached hydrogens (tertiary/aromatic N) is 2. The Balaban J connectivity index is 1.47. The molecular formula is C21H25N3O. The van der Waals surface area contributed by atoms with Crippen LogP contribution in [-0.2, 0) is 13.0 Å². The highest BCUT2D eigenvalue weighted by Gasteiger charge is 2.29. The van der Waals surface area contributed by atoms with Crippen molar-refractivity contribution in [2.24, 2.45) is 0 Å². The van der Waals surface area contributed by atoms with Crippen molar-refractivity contribution in [3.8, 4) is 0 Å². The second-order valence-corrected chi connectivity index (χ2v) is 7.06. The van der Waals surface area contributed by atoms with Crippen LogP contribution in [0.4, 0.5) is 0 Å². The van der Waals surface area contributed by atoms with Gasteiger partial charge < -0.3 is 5.11 Å². The van der Waals surface area contributed by atoms with E-state index in [2.05, 4.69) is 63.6 Å². The number of likely N-dealkylation sites (tertiary alicyclic amines) is 1. The van der Waals surface area contributed by atoms with Gasteiger partial charge >= 0.3 is 0 Å². The lowest BCUT2D eigenvalue weighted by Crippen LogP contribution is -2.47. The number of aryl methyl sites for hydroxylation is 1. The summed E-state index contributed by atoms with van der Waals surface area (Å²) in [7, 11) is 0. The second kappa shape index (κ2) is 7.38. The highest BCUT2D eigenvalue weighted by molar-refractivity contribution is 5.78. The van der Waals surface area contributed by atoms with Gasteiger partial charge in [0.25, 0.3) is 0 Å². The Kier molecular flexibility index (Phi) is 4.81. The molecule has 0 bridgehead atoms. The van der Waals surface area contributed by atoms with Crippen LogP contribution in [0.5, 0.6) is 0 Å². The van der Waals surface area contributed by atoms with E-state index in [0.29, 0.717) is 0 Å². The van der Waals surface area contributed by atoms with Gasteiger partial charge in [-0.15, -0.1) is 0 Å². The third kappa shape index (κ3) is 3.75. The highest BCUT2D eigenvalue weighted by atomic mass is 16.3. The predicted molar refractivity (Wildman–Crippen MR) is 100 cm³/mol. The molecule has 4 rings (SSSR count). The number of hydrogen-bond acceptors (Lipinski definition) is 3. The SMILES string of the molecule is OC1CCCN(Cc2ccc3cn[nH]c3c2)C1CCc1ccccc1. The maximum Gasteiger partial charge on any atom is 0.0696 e. The predicted octanol–water partition coefficient (Wildman–Crippen LogP) is 3.52. The van der Waals surface area contributed by atoms with E-state index in [0.717, 1.165) is 49.7 Å². The van der Waals surface area contributed by atoms with Crippen molar-refractivity contribution >= 4 is 10.9 Å². The summed E-state index contributed by atoms with van der Waals surface area (Å²) in [6.45, 7) is 1.93. The van der Waals surface area contributed by atoms with E-state index in [1.807, 2.05) is 6.20 Å². The fraction of sp³-hybridized carbons (Fsp3) is 0.381. The number of rotatable bonds is 5. The van der Waals surface area contributed by atoms with Crippen LogP contribution in [-0.4, -0.2) is 38.9 Å². The van der Waals surface area contributed by atoms with Crippen molar-refractivity contribution in [2.75, 3.05) is 6.54 Å². The summed E-state index contributed by atoms with van der Waals surface area (Å²) < 4.78 is 0. The van der Waals surface area contributed by atoms with Crippen LogP contribution in [0.3, 0.4) is 0 Å². The molecule has 4 nitrogen and oxygen atoms in total. The standard InChI is InChI=1S/C21H25N3O/c25-21-7-4-12-24(20(21)11-9-16-5-2-1-3-6-16)15-17-8-10-18-14-22-23-19(18)13-17/h1-3,5-6,8,10,13-14,20-21,25H,4,7,9,11-12,15H2,(H,22,23). The number of aromatic amines is 1. The minimum absolute atomic E-state index is 0.228. The fourth-order valence-electron chi connectivity index (χ4n) is 3.95. The van der Waals surface area contributed by atoms with E-state index in [1.54, 1.807) is 0 Å². The summed E-state index contributed by atoms with van der Waals surface area (Å²) in [6.07, 6.45) is 5.61. The molecule has 1 aliphatic rings.